The summed E-state index contributed by atoms with van der Waals surface area (Å²) in [6.45, 7) is 16.5. The zero-order valence-corrected chi connectivity index (χ0v) is 20.8. The standard InChI is InChI=1S/C25H37N3O4/c1-10-24(5,6)17-12-13-19(18(14-17)25(7,8)11-2)32-16(4)21(29)28-23-26-15(3)20(27-23)22(30)31-9/h12-14,16H,10-11H2,1-9H3,(H2,26,27,28,29). The molecule has 2 rings (SSSR count). The molecular weight excluding hydrogens is 406 g/mol. The maximum absolute atomic E-state index is 12.8. The van der Waals surface area contributed by atoms with Crippen molar-refractivity contribution in [3.63, 3.8) is 0 Å². The van der Waals surface area contributed by atoms with E-state index in [9.17, 15) is 9.59 Å². The Labute approximate surface area is 191 Å². The van der Waals surface area contributed by atoms with Crippen molar-refractivity contribution in [2.75, 3.05) is 12.4 Å². The second-order valence-electron chi connectivity index (χ2n) is 9.49. The summed E-state index contributed by atoms with van der Waals surface area (Å²) in [5, 5.41) is 2.68. The normalized spacial score (nSPS) is 12.9. The first kappa shape index (κ1) is 25.4. The van der Waals surface area contributed by atoms with Crippen LogP contribution < -0.4 is 10.1 Å². The molecule has 1 amide bonds. The number of ether oxygens (including phenoxy) is 2. The number of nitrogens with zero attached hydrogens (tertiary/aromatic N) is 1. The second-order valence-corrected chi connectivity index (χ2v) is 9.49. The molecule has 0 aliphatic carbocycles. The molecule has 7 heteroatoms. The van der Waals surface area contributed by atoms with Crippen molar-refractivity contribution >= 4 is 17.8 Å². The molecule has 0 aliphatic rings. The van der Waals surface area contributed by atoms with Crippen molar-refractivity contribution in [3.8, 4) is 5.75 Å². The minimum absolute atomic E-state index is 0.0502. The van der Waals surface area contributed by atoms with Gasteiger partial charge in [0.05, 0.1) is 7.11 Å². The molecule has 2 aromatic rings. The predicted octanol–water partition coefficient (Wildman–Crippen LogP) is 5.29. The number of aromatic nitrogens is 2. The molecule has 1 atom stereocenters. The zero-order valence-electron chi connectivity index (χ0n) is 20.8. The Kier molecular flexibility index (Phi) is 7.75. The van der Waals surface area contributed by atoms with Gasteiger partial charge in [-0.3, -0.25) is 10.1 Å². The van der Waals surface area contributed by atoms with Gasteiger partial charge in [-0.15, -0.1) is 0 Å². The number of imidazole rings is 1. The highest BCUT2D eigenvalue weighted by Crippen LogP contribution is 2.38. The summed E-state index contributed by atoms with van der Waals surface area (Å²) >= 11 is 0. The van der Waals surface area contributed by atoms with Crippen LogP contribution in [0.3, 0.4) is 0 Å². The third-order valence-electron chi connectivity index (χ3n) is 6.44. The van der Waals surface area contributed by atoms with Gasteiger partial charge in [-0.05, 0) is 49.1 Å². The van der Waals surface area contributed by atoms with Crippen molar-refractivity contribution < 1.29 is 19.1 Å². The molecule has 2 N–H and O–H groups in total. The molecule has 32 heavy (non-hydrogen) atoms. The number of aryl methyl sites for hydroxylation is 1. The fraction of sp³-hybridized carbons (Fsp3) is 0.560. The van der Waals surface area contributed by atoms with Crippen molar-refractivity contribution in [3.05, 3.63) is 40.7 Å². The van der Waals surface area contributed by atoms with Crippen molar-refractivity contribution in [2.45, 2.75) is 85.2 Å². The first-order chi connectivity index (χ1) is 14.9. The Bertz CT molecular complexity index is 976. The summed E-state index contributed by atoms with van der Waals surface area (Å²) < 4.78 is 10.8. The Morgan fingerprint density at radius 1 is 1.12 bits per heavy atom. The van der Waals surface area contributed by atoms with E-state index in [-0.39, 0.29) is 28.4 Å². The predicted molar refractivity (Wildman–Crippen MR) is 126 cm³/mol. The third-order valence-corrected chi connectivity index (χ3v) is 6.44. The van der Waals surface area contributed by atoms with Gasteiger partial charge in [0.15, 0.2) is 11.8 Å². The Balaban J connectivity index is 2.27. The fourth-order valence-electron chi connectivity index (χ4n) is 3.25. The van der Waals surface area contributed by atoms with E-state index in [1.807, 2.05) is 6.07 Å². The lowest BCUT2D eigenvalue weighted by atomic mass is 9.76. The molecule has 0 radical (unpaired) electrons. The fourth-order valence-corrected chi connectivity index (χ4v) is 3.25. The molecule has 1 aromatic carbocycles. The SMILES string of the molecule is CCC(C)(C)c1ccc(OC(C)C(=O)Nc2nc(C(=O)OC)c(C)[nH]2)c(C(C)(C)CC)c1. The van der Waals surface area contributed by atoms with Crippen molar-refractivity contribution in [1.29, 1.82) is 0 Å². The maximum atomic E-state index is 12.8. The number of anilines is 1. The third kappa shape index (κ3) is 5.50. The van der Waals surface area contributed by atoms with Gasteiger partial charge in [-0.25, -0.2) is 9.78 Å². The average molecular weight is 444 g/mol. The van der Waals surface area contributed by atoms with E-state index >= 15 is 0 Å². The van der Waals surface area contributed by atoms with Crippen molar-refractivity contribution in [1.82, 2.24) is 9.97 Å². The summed E-state index contributed by atoms with van der Waals surface area (Å²) in [6, 6.07) is 6.26. The lowest BCUT2D eigenvalue weighted by Crippen LogP contribution is -2.32. The summed E-state index contributed by atoms with van der Waals surface area (Å²) in [4.78, 5) is 31.5. The number of carbonyl (C=O) groups excluding carboxylic acids is 2. The Morgan fingerprint density at radius 2 is 1.75 bits per heavy atom. The average Bonchev–Trinajstić information content (AvgIpc) is 3.12. The Morgan fingerprint density at radius 3 is 2.31 bits per heavy atom. The molecular formula is C25H37N3O4. The van der Waals surface area contributed by atoms with Crippen LogP contribution in [0.5, 0.6) is 5.75 Å². The number of amides is 1. The molecule has 176 valence electrons. The molecule has 1 unspecified atom stereocenters. The van der Waals surface area contributed by atoms with E-state index in [0.29, 0.717) is 11.4 Å². The van der Waals surface area contributed by atoms with Gasteiger partial charge < -0.3 is 14.5 Å². The van der Waals surface area contributed by atoms with Crippen LogP contribution in [0.15, 0.2) is 18.2 Å². The van der Waals surface area contributed by atoms with Gasteiger partial charge in [0.25, 0.3) is 5.91 Å². The van der Waals surface area contributed by atoms with Crippen LogP contribution in [0.25, 0.3) is 0 Å². The van der Waals surface area contributed by atoms with Gasteiger partial charge in [0.1, 0.15) is 5.75 Å². The Hall–Kier alpha value is -2.83. The maximum Gasteiger partial charge on any atom is 0.358 e. The van der Waals surface area contributed by atoms with Crippen LogP contribution >= 0.6 is 0 Å². The van der Waals surface area contributed by atoms with Crippen LogP contribution in [0.1, 0.15) is 88.6 Å². The summed E-state index contributed by atoms with van der Waals surface area (Å²) in [5.41, 5.74) is 2.93. The van der Waals surface area contributed by atoms with E-state index in [1.54, 1.807) is 13.8 Å². The van der Waals surface area contributed by atoms with E-state index in [1.165, 1.54) is 12.7 Å². The minimum atomic E-state index is -0.765. The molecule has 0 saturated heterocycles. The molecule has 0 spiro atoms. The monoisotopic (exact) mass is 443 g/mol. The summed E-state index contributed by atoms with van der Waals surface area (Å²) in [6.07, 6.45) is 1.19. The number of H-pyrrole nitrogens is 1. The highest BCUT2D eigenvalue weighted by molar-refractivity contribution is 5.94. The number of methoxy groups -OCH3 is 1. The minimum Gasteiger partial charge on any atom is -0.481 e. The topological polar surface area (TPSA) is 93.3 Å². The van der Waals surface area contributed by atoms with Gasteiger partial charge in [-0.2, -0.15) is 0 Å². The first-order valence-electron chi connectivity index (χ1n) is 11.1. The van der Waals surface area contributed by atoms with E-state index in [0.717, 1.165) is 18.4 Å². The number of aromatic amines is 1. The van der Waals surface area contributed by atoms with Crippen LogP contribution in [0.2, 0.25) is 0 Å². The number of hydrogen-bond donors (Lipinski definition) is 2. The molecule has 7 nitrogen and oxygen atoms in total. The van der Waals surface area contributed by atoms with E-state index in [4.69, 9.17) is 9.47 Å². The number of nitrogens with one attached hydrogen (secondary N) is 2. The number of rotatable bonds is 9. The molecule has 0 fully saturated rings. The zero-order chi connectivity index (χ0) is 24.3. The molecule has 1 heterocycles. The van der Waals surface area contributed by atoms with E-state index < -0.39 is 12.1 Å². The van der Waals surface area contributed by atoms with Gasteiger partial charge >= 0.3 is 5.97 Å². The number of esters is 1. The number of hydrogen-bond acceptors (Lipinski definition) is 5. The van der Waals surface area contributed by atoms with Crippen molar-refractivity contribution in [2.24, 2.45) is 0 Å². The quantitative estimate of drug-likeness (QED) is 0.514. The lowest BCUT2D eigenvalue weighted by Gasteiger charge is -2.31. The smallest absolute Gasteiger partial charge is 0.358 e. The molecule has 0 aliphatic heterocycles. The molecule has 0 bridgehead atoms. The highest BCUT2D eigenvalue weighted by atomic mass is 16.5. The summed E-state index contributed by atoms with van der Waals surface area (Å²) in [7, 11) is 1.28. The second kappa shape index (κ2) is 9.76. The van der Waals surface area contributed by atoms with Crippen LogP contribution in [-0.2, 0) is 20.4 Å². The largest absolute Gasteiger partial charge is 0.481 e. The van der Waals surface area contributed by atoms with Gasteiger partial charge in [-0.1, -0.05) is 53.7 Å². The van der Waals surface area contributed by atoms with Crippen LogP contribution in [-0.4, -0.2) is 35.1 Å². The van der Waals surface area contributed by atoms with Crippen LogP contribution in [0, 0.1) is 6.92 Å². The molecule has 0 saturated carbocycles. The van der Waals surface area contributed by atoms with E-state index in [2.05, 4.69) is 69.0 Å². The molecule has 1 aromatic heterocycles. The summed E-state index contributed by atoms with van der Waals surface area (Å²) in [5.74, 6) is -0.0583. The van der Waals surface area contributed by atoms with Crippen LogP contribution in [0.4, 0.5) is 5.95 Å². The lowest BCUT2D eigenvalue weighted by molar-refractivity contribution is -0.122. The number of benzene rings is 1. The van der Waals surface area contributed by atoms with Gasteiger partial charge in [0.2, 0.25) is 5.95 Å². The van der Waals surface area contributed by atoms with Gasteiger partial charge in [0, 0.05) is 11.3 Å². The highest BCUT2D eigenvalue weighted by Gasteiger charge is 2.28. The first-order valence-corrected chi connectivity index (χ1v) is 11.1. The number of carbonyl (C=O) groups is 2.